The van der Waals surface area contributed by atoms with Gasteiger partial charge in [-0.05, 0) is 50.2 Å². The lowest BCUT2D eigenvalue weighted by atomic mass is 9.97. The number of hydrogen-bond acceptors (Lipinski definition) is 3. The summed E-state index contributed by atoms with van der Waals surface area (Å²) in [4.78, 5) is 16.7. The molecule has 22 heavy (non-hydrogen) atoms. The van der Waals surface area contributed by atoms with Gasteiger partial charge in [0.1, 0.15) is 0 Å². The maximum atomic E-state index is 11.6. The first-order valence-corrected chi connectivity index (χ1v) is 7.91. The molecule has 0 fully saturated rings. The normalized spacial score (nSPS) is 14.7. The average molecular weight is 300 g/mol. The minimum Gasteiger partial charge on any atom is -0.386 e. The van der Waals surface area contributed by atoms with Crippen molar-refractivity contribution in [1.29, 1.82) is 0 Å². The van der Waals surface area contributed by atoms with Crippen molar-refractivity contribution < 1.29 is 9.63 Å². The molecule has 0 aliphatic heterocycles. The van der Waals surface area contributed by atoms with Crippen LogP contribution in [0.5, 0.6) is 0 Å². The fourth-order valence-corrected chi connectivity index (χ4v) is 2.47. The van der Waals surface area contributed by atoms with Crippen LogP contribution < -0.4 is 5.32 Å². The summed E-state index contributed by atoms with van der Waals surface area (Å²) < 4.78 is 0. The first-order chi connectivity index (χ1) is 10.8. The Balaban J connectivity index is 1.61. The van der Waals surface area contributed by atoms with Crippen LogP contribution >= 0.6 is 0 Å². The number of hydrogen-bond donors (Lipinski definition) is 1. The third kappa shape index (κ3) is 5.72. The van der Waals surface area contributed by atoms with Crippen molar-refractivity contribution in [3.05, 3.63) is 47.0 Å². The largest absolute Gasteiger partial charge is 0.386 e. The van der Waals surface area contributed by atoms with Gasteiger partial charge in [0.05, 0.1) is 6.21 Å². The van der Waals surface area contributed by atoms with E-state index in [0.29, 0.717) is 6.54 Å². The summed E-state index contributed by atoms with van der Waals surface area (Å²) in [5.41, 5.74) is 3.58. The zero-order chi connectivity index (χ0) is 15.6. The predicted octanol–water partition coefficient (Wildman–Crippen LogP) is 3.35. The van der Waals surface area contributed by atoms with Gasteiger partial charge >= 0.3 is 0 Å². The number of rotatable bonds is 7. The fourth-order valence-electron chi connectivity index (χ4n) is 2.47. The Kier molecular flexibility index (Phi) is 6.68. The summed E-state index contributed by atoms with van der Waals surface area (Å²) in [5.74, 6) is -0.127. The van der Waals surface area contributed by atoms with Crippen molar-refractivity contribution in [2.75, 3.05) is 13.2 Å². The van der Waals surface area contributed by atoms with Crippen LogP contribution in [0, 0.1) is 6.92 Å². The highest BCUT2D eigenvalue weighted by molar-refractivity contribution is 5.81. The van der Waals surface area contributed by atoms with E-state index in [0.717, 1.165) is 17.5 Å². The van der Waals surface area contributed by atoms with Crippen molar-refractivity contribution in [1.82, 2.24) is 5.32 Å². The van der Waals surface area contributed by atoms with E-state index < -0.39 is 0 Å². The second-order valence-electron chi connectivity index (χ2n) is 5.57. The van der Waals surface area contributed by atoms with Crippen molar-refractivity contribution >= 4 is 12.1 Å². The standard InChI is InChI=1S/C18H24N2O2/c1-15-7-5-6-10-17(15)13-20-22-14-18(21)19-12-11-16-8-3-2-4-9-16/h5-8,10,13H,2-4,9,11-12,14H2,1H3,(H,19,21)/b20-13+. The topological polar surface area (TPSA) is 50.7 Å². The highest BCUT2D eigenvalue weighted by atomic mass is 16.6. The van der Waals surface area contributed by atoms with Gasteiger partial charge in [0.15, 0.2) is 6.61 Å². The van der Waals surface area contributed by atoms with E-state index in [-0.39, 0.29) is 12.5 Å². The highest BCUT2D eigenvalue weighted by Gasteiger charge is 2.05. The van der Waals surface area contributed by atoms with Crippen molar-refractivity contribution in [2.45, 2.75) is 39.0 Å². The van der Waals surface area contributed by atoms with Gasteiger partial charge in [0, 0.05) is 6.54 Å². The molecule has 0 spiro atoms. The number of aryl methyl sites for hydroxylation is 1. The smallest absolute Gasteiger partial charge is 0.260 e. The fraction of sp³-hybridized carbons (Fsp3) is 0.444. The minimum atomic E-state index is -0.127. The second kappa shape index (κ2) is 9.03. The number of amides is 1. The Labute approximate surface area is 132 Å². The Hall–Kier alpha value is -2.10. The number of carbonyl (C=O) groups excluding carboxylic acids is 1. The van der Waals surface area contributed by atoms with Crippen LogP contribution in [0.2, 0.25) is 0 Å². The first kappa shape index (κ1) is 16.3. The van der Waals surface area contributed by atoms with Crippen LogP contribution in [-0.4, -0.2) is 25.3 Å². The maximum absolute atomic E-state index is 11.6. The molecule has 2 rings (SSSR count). The minimum absolute atomic E-state index is 0.0402. The monoisotopic (exact) mass is 300 g/mol. The Bertz CT molecular complexity index is 550. The quantitative estimate of drug-likeness (QED) is 0.477. The van der Waals surface area contributed by atoms with Crippen LogP contribution in [0.25, 0.3) is 0 Å². The van der Waals surface area contributed by atoms with E-state index in [4.69, 9.17) is 4.84 Å². The molecule has 0 saturated carbocycles. The van der Waals surface area contributed by atoms with Crippen molar-refractivity contribution in [3.63, 3.8) is 0 Å². The van der Waals surface area contributed by atoms with Crippen molar-refractivity contribution in [3.8, 4) is 0 Å². The van der Waals surface area contributed by atoms with E-state index in [2.05, 4.69) is 16.5 Å². The molecule has 0 atom stereocenters. The number of nitrogens with zero attached hydrogens (tertiary/aromatic N) is 1. The Morgan fingerprint density at radius 3 is 3.00 bits per heavy atom. The summed E-state index contributed by atoms with van der Waals surface area (Å²) >= 11 is 0. The predicted molar refractivity (Wildman–Crippen MR) is 88.9 cm³/mol. The summed E-state index contributed by atoms with van der Waals surface area (Å²) in [6.45, 7) is 2.64. The summed E-state index contributed by atoms with van der Waals surface area (Å²) in [6.07, 6.45) is 9.80. The molecule has 1 N–H and O–H groups in total. The molecule has 4 nitrogen and oxygen atoms in total. The third-order valence-corrected chi connectivity index (χ3v) is 3.80. The second-order valence-corrected chi connectivity index (χ2v) is 5.57. The molecule has 1 aliphatic carbocycles. The molecular weight excluding hydrogens is 276 g/mol. The van der Waals surface area contributed by atoms with Gasteiger partial charge in [0.2, 0.25) is 0 Å². The molecule has 0 radical (unpaired) electrons. The third-order valence-electron chi connectivity index (χ3n) is 3.80. The highest BCUT2D eigenvalue weighted by Crippen LogP contribution is 2.19. The average Bonchev–Trinajstić information content (AvgIpc) is 2.54. The van der Waals surface area contributed by atoms with Crippen LogP contribution in [0.1, 0.15) is 43.2 Å². The van der Waals surface area contributed by atoms with Gasteiger partial charge in [-0.3, -0.25) is 4.79 Å². The lowest BCUT2D eigenvalue weighted by Gasteiger charge is -2.12. The lowest BCUT2D eigenvalue weighted by Crippen LogP contribution is -2.28. The molecule has 1 aromatic carbocycles. The van der Waals surface area contributed by atoms with Crippen LogP contribution in [-0.2, 0) is 9.63 Å². The van der Waals surface area contributed by atoms with Gasteiger partial charge < -0.3 is 10.2 Å². The van der Waals surface area contributed by atoms with Gasteiger partial charge in [-0.2, -0.15) is 0 Å². The zero-order valence-electron chi connectivity index (χ0n) is 13.2. The van der Waals surface area contributed by atoms with E-state index in [1.165, 1.54) is 31.3 Å². The summed E-state index contributed by atoms with van der Waals surface area (Å²) in [6, 6.07) is 7.89. The van der Waals surface area contributed by atoms with Gasteiger partial charge in [-0.15, -0.1) is 0 Å². The molecule has 118 valence electrons. The van der Waals surface area contributed by atoms with Crippen LogP contribution in [0.4, 0.5) is 0 Å². The molecule has 0 heterocycles. The molecule has 1 amide bonds. The SMILES string of the molecule is Cc1ccccc1/C=N/OCC(=O)NCCC1=CCCCC1. The number of benzene rings is 1. The molecule has 4 heteroatoms. The number of nitrogens with one attached hydrogen (secondary N) is 1. The summed E-state index contributed by atoms with van der Waals surface area (Å²) in [7, 11) is 0. The van der Waals surface area contributed by atoms with E-state index in [9.17, 15) is 4.79 Å². The number of carbonyl (C=O) groups is 1. The Morgan fingerprint density at radius 2 is 2.23 bits per heavy atom. The maximum Gasteiger partial charge on any atom is 0.260 e. The zero-order valence-corrected chi connectivity index (χ0v) is 13.2. The molecule has 1 aliphatic rings. The van der Waals surface area contributed by atoms with Gasteiger partial charge in [-0.25, -0.2) is 0 Å². The van der Waals surface area contributed by atoms with Crippen LogP contribution in [0.3, 0.4) is 0 Å². The number of allylic oxidation sites excluding steroid dienone is 1. The molecule has 0 saturated heterocycles. The molecule has 0 unspecified atom stereocenters. The molecule has 0 bridgehead atoms. The van der Waals surface area contributed by atoms with E-state index in [1.807, 2.05) is 31.2 Å². The lowest BCUT2D eigenvalue weighted by molar-refractivity contribution is -0.125. The van der Waals surface area contributed by atoms with Crippen molar-refractivity contribution in [2.24, 2.45) is 5.16 Å². The summed E-state index contributed by atoms with van der Waals surface area (Å²) in [5, 5.41) is 6.70. The molecular formula is C18H24N2O2. The molecule has 1 aromatic rings. The van der Waals surface area contributed by atoms with Gasteiger partial charge in [-0.1, -0.05) is 41.1 Å². The van der Waals surface area contributed by atoms with Crippen LogP contribution in [0.15, 0.2) is 41.1 Å². The van der Waals surface area contributed by atoms with E-state index >= 15 is 0 Å². The Morgan fingerprint density at radius 1 is 1.36 bits per heavy atom. The number of oxime groups is 1. The first-order valence-electron chi connectivity index (χ1n) is 7.91. The molecule has 0 aromatic heterocycles. The van der Waals surface area contributed by atoms with Gasteiger partial charge in [0.25, 0.3) is 5.91 Å². The van der Waals surface area contributed by atoms with E-state index in [1.54, 1.807) is 6.21 Å².